The number of fused-ring (bicyclic) bond motifs is 5. The molecule has 0 fully saturated rings. The minimum Gasteiger partial charge on any atom is -0.254 e. The lowest BCUT2D eigenvalue weighted by Gasteiger charge is -2.14. The Morgan fingerprint density at radius 1 is 0.452 bits per heavy atom. The highest BCUT2D eigenvalue weighted by Gasteiger charge is 2.12. The Morgan fingerprint density at radius 3 is 1.74 bits per heavy atom. The molecular formula is C39H23N3. The van der Waals surface area contributed by atoms with Crippen molar-refractivity contribution in [1.82, 2.24) is 9.97 Å². The standard InChI is InChI=1S/C39H23N3/c1-40-34-17-14-25(15-18-34)35-23-28-5-2-3-6-29(28)24-36(35)32-12-10-31-22-33(13-11-30(31)21-32)37-19-16-27-9-8-26-7-4-20-41-38(26)39(27)42-37/h2-24H. The Morgan fingerprint density at radius 2 is 1.00 bits per heavy atom. The van der Waals surface area contributed by atoms with Gasteiger partial charge in [0.1, 0.15) is 0 Å². The number of nitrogens with zero attached hydrogens (tertiary/aromatic N) is 3. The number of aromatic nitrogens is 2. The van der Waals surface area contributed by atoms with Gasteiger partial charge < -0.3 is 0 Å². The Bertz CT molecular complexity index is 2360. The summed E-state index contributed by atoms with van der Waals surface area (Å²) in [7, 11) is 0. The van der Waals surface area contributed by atoms with Crippen LogP contribution in [0.5, 0.6) is 0 Å². The quantitative estimate of drug-likeness (QED) is 0.167. The lowest BCUT2D eigenvalue weighted by atomic mass is 9.90. The van der Waals surface area contributed by atoms with E-state index in [2.05, 4.69) is 113 Å². The third-order valence-electron chi connectivity index (χ3n) is 8.07. The summed E-state index contributed by atoms with van der Waals surface area (Å²) in [5.74, 6) is 0. The van der Waals surface area contributed by atoms with Crippen molar-refractivity contribution in [3.8, 4) is 33.5 Å². The number of benzene rings is 6. The largest absolute Gasteiger partial charge is 0.254 e. The molecule has 0 aliphatic carbocycles. The van der Waals surface area contributed by atoms with Crippen LogP contribution < -0.4 is 0 Å². The van der Waals surface area contributed by atoms with Crippen LogP contribution in [0.2, 0.25) is 0 Å². The van der Waals surface area contributed by atoms with Crippen molar-refractivity contribution >= 4 is 49.0 Å². The average molecular weight is 534 g/mol. The van der Waals surface area contributed by atoms with Crippen molar-refractivity contribution < 1.29 is 0 Å². The van der Waals surface area contributed by atoms with Crippen LogP contribution in [0.3, 0.4) is 0 Å². The molecule has 0 radical (unpaired) electrons. The zero-order valence-electron chi connectivity index (χ0n) is 22.6. The topological polar surface area (TPSA) is 30.1 Å². The molecule has 42 heavy (non-hydrogen) atoms. The Hall–Kier alpha value is -5.85. The Kier molecular flexibility index (Phi) is 5.52. The first-order valence-corrected chi connectivity index (χ1v) is 13.9. The van der Waals surface area contributed by atoms with Gasteiger partial charge in [-0.1, -0.05) is 97.1 Å². The van der Waals surface area contributed by atoms with E-state index in [0.717, 1.165) is 55.1 Å². The zero-order valence-corrected chi connectivity index (χ0v) is 22.6. The normalized spacial score (nSPS) is 11.3. The molecule has 8 rings (SSSR count). The van der Waals surface area contributed by atoms with E-state index in [0.29, 0.717) is 5.69 Å². The van der Waals surface area contributed by atoms with Crippen LogP contribution in [0, 0.1) is 6.57 Å². The summed E-state index contributed by atoms with van der Waals surface area (Å²) in [5.41, 5.74) is 9.10. The van der Waals surface area contributed by atoms with Crippen LogP contribution in [0.25, 0.3) is 81.7 Å². The van der Waals surface area contributed by atoms with Crippen LogP contribution in [0.1, 0.15) is 0 Å². The molecule has 0 N–H and O–H groups in total. The molecule has 2 heterocycles. The number of rotatable bonds is 3. The molecule has 3 nitrogen and oxygen atoms in total. The summed E-state index contributed by atoms with van der Waals surface area (Å²) < 4.78 is 0. The molecule has 0 amide bonds. The molecule has 0 spiro atoms. The fourth-order valence-corrected chi connectivity index (χ4v) is 5.89. The maximum atomic E-state index is 7.34. The molecule has 0 aliphatic rings. The SMILES string of the molecule is [C-]#[N+]c1ccc(-c2cc3ccccc3cc2-c2ccc3cc(-c4ccc5ccc6cccnc6c5n4)ccc3c2)cc1. The van der Waals surface area contributed by atoms with Gasteiger partial charge in [0.15, 0.2) is 5.69 Å². The van der Waals surface area contributed by atoms with Crippen molar-refractivity contribution in [3.05, 3.63) is 151 Å². The minimum atomic E-state index is 0.646. The second kappa shape index (κ2) is 9.66. The average Bonchev–Trinajstić information content (AvgIpc) is 3.07. The molecular weight excluding hydrogens is 510 g/mol. The number of pyridine rings is 2. The molecule has 2 aromatic heterocycles. The van der Waals surface area contributed by atoms with Gasteiger partial charge in [-0.25, -0.2) is 9.83 Å². The van der Waals surface area contributed by atoms with E-state index in [1.54, 1.807) is 0 Å². The third kappa shape index (κ3) is 4.06. The Labute approximate surface area is 243 Å². The predicted octanol–water partition coefficient (Wildman–Crippen LogP) is 10.6. The van der Waals surface area contributed by atoms with Crippen LogP contribution >= 0.6 is 0 Å². The van der Waals surface area contributed by atoms with Gasteiger partial charge in [-0.15, -0.1) is 0 Å². The first-order chi connectivity index (χ1) is 20.7. The van der Waals surface area contributed by atoms with Gasteiger partial charge in [-0.05, 0) is 80.2 Å². The van der Waals surface area contributed by atoms with Gasteiger partial charge >= 0.3 is 0 Å². The molecule has 6 aromatic carbocycles. The first-order valence-electron chi connectivity index (χ1n) is 13.9. The van der Waals surface area contributed by atoms with Crippen LogP contribution in [0.15, 0.2) is 140 Å². The van der Waals surface area contributed by atoms with E-state index >= 15 is 0 Å². The molecule has 0 atom stereocenters. The van der Waals surface area contributed by atoms with Crippen molar-refractivity contribution in [2.45, 2.75) is 0 Å². The maximum Gasteiger partial charge on any atom is 0.187 e. The van der Waals surface area contributed by atoms with Crippen molar-refractivity contribution in [1.29, 1.82) is 0 Å². The Balaban J connectivity index is 1.24. The van der Waals surface area contributed by atoms with Gasteiger partial charge in [0.05, 0.1) is 23.3 Å². The lowest BCUT2D eigenvalue weighted by Crippen LogP contribution is -1.89. The minimum absolute atomic E-state index is 0.646. The highest BCUT2D eigenvalue weighted by atomic mass is 14.7. The summed E-state index contributed by atoms with van der Waals surface area (Å²) in [6, 6.07) is 46.6. The third-order valence-corrected chi connectivity index (χ3v) is 8.07. The molecule has 194 valence electrons. The van der Waals surface area contributed by atoms with Gasteiger partial charge in [0.2, 0.25) is 0 Å². The fraction of sp³-hybridized carbons (Fsp3) is 0. The summed E-state index contributed by atoms with van der Waals surface area (Å²) in [6.07, 6.45) is 1.83. The lowest BCUT2D eigenvalue weighted by molar-refractivity contribution is 1.37. The second-order valence-electron chi connectivity index (χ2n) is 10.6. The zero-order chi connectivity index (χ0) is 28.0. The van der Waals surface area contributed by atoms with Crippen molar-refractivity contribution in [2.24, 2.45) is 0 Å². The predicted molar refractivity (Wildman–Crippen MR) is 175 cm³/mol. The van der Waals surface area contributed by atoms with Crippen LogP contribution in [-0.4, -0.2) is 9.97 Å². The van der Waals surface area contributed by atoms with E-state index in [1.807, 2.05) is 36.5 Å². The smallest absolute Gasteiger partial charge is 0.187 e. The molecule has 0 saturated carbocycles. The molecule has 0 aliphatic heterocycles. The van der Waals surface area contributed by atoms with E-state index in [9.17, 15) is 0 Å². The van der Waals surface area contributed by atoms with Crippen molar-refractivity contribution in [3.63, 3.8) is 0 Å². The van der Waals surface area contributed by atoms with E-state index in [1.165, 1.54) is 21.7 Å². The highest BCUT2D eigenvalue weighted by molar-refractivity contribution is 6.04. The summed E-state index contributed by atoms with van der Waals surface area (Å²) in [4.78, 5) is 13.2. The summed E-state index contributed by atoms with van der Waals surface area (Å²) >= 11 is 0. The summed E-state index contributed by atoms with van der Waals surface area (Å²) in [6.45, 7) is 7.34. The van der Waals surface area contributed by atoms with Crippen LogP contribution in [-0.2, 0) is 0 Å². The second-order valence-corrected chi connectivity index (χ2v) is 10.6. The number of hydrogen-bond acceptors (Lipinski definition) is 2. The fourth-order valence-electron chi connectivity index (χ4n) is 5.89. The highest BCUT2D eigenvalue weighted by Crippen LogP contribution is 2.38. The molecule has 0 saturated heterocycles. The number of hydrogen-bond donors (Lipinski definition) is 0. The van der Waals surface area contributed by atoms with Crippen molar-refractivity contribution in [2.75, 3.05) is 0 Å². The molecule has 0 bridgehead atoms. The maximum absolute atomic E-state index is 7.34. The van der Waals surface area contributed by atoms with Crippen LogP contribution in [0.4, 0.5) is 5.69 Å². The molecule has 3 heteroatoms. The van der Waals surface area contributed by atoms with E-state index in [-0.39, 0.29) is 0 Å². The van der Waals surface area contributed by atoms with Gasteiger partial charge in [0.25, 0.3) is 0 Å². The first kappa shape index (κ1) is 24.0. The van der Waals surface area contributed by atoms with E-state index in [4.69, 9.17) is 11.6 Å². The summed E-state index contributed by atoms with van der Waals surface area (Å²) in [5, 5.41) is 6.92. The van der Waals surface area contributed by atoms with E-state index < -0.39 is 0 Å². The van der Waals surface area contributed by atoms with Gasteiger partial charge in [-0.2, -0.15) is 0 Å². The van der Waals surface area contributed by atoms with Gasteiger partial charge in [-0.3, -0.25) is 4.98 Å². The monoisotopic (exact) mass is 533 g/mol. The molecule has 8 aromatic rings. The molecule has 0 unspecified atom stereocenters. The van der Waals surface area contributed by atoms with Gasteiger partial charge in [0, 0.05) is 22.5 Å².